The number of hydrogen-bond acceptors (Lipinski definition) is 3. The molecule has 0 spiro atoms. The zero-order valence-electron chi connectivity index (χ0n) is 14.7. The van der Waals surface area contributed by atoms with Gasteiger partial charge in [-0.05, 0) is 45.9 Å². The van der Waals surface area contributed by atoms with Gasteiger partial charge >= 0.3 is 0 Å². The van der Waals surface area contributed by atoms with Gasteiger partial charge in [0.15, 0.2) is 0 Å². The zero-order valence-corrected chi connectivity index (χ0v) is 15.5. The van der Waals surface area contributed by atoms with Crippen LogP contribution < -0.4 is 10.9 Å². The van der Waals surface area contributed by atoms with Crippen molar-refractivity contribution in [1.29, 1.82) is 0 Å². The summed E-state index contributed by atoms with van der Waals surface area (Å²) in [7, 11) is 0. The van der Waals surface area contributed by atoms with E-state index in [1.165, 1.54) is 6.07 Å². The lowest BCUT2D eigenvalue weighted by Gasteiger charge is -2.13. The summed E-state index contributed by atoms with van der Waals surface area (Å²) in [6.07, 6.45) is 0. The number of aryl methyl sites for hydroxylation is 1. The fourth-order valence-electron chi connectivity index (χ4n) is 2.74. The first-order chi connectivity index (χ1) is 11.8. The Morgan fingerprint density at radius 2 is 1.88 bits per heavy atom. The molecule has 0 fully saturated rings. The number of nitrogens with zero attached hydrogens (tertiary/aromatic N) is 1. The molecule has 5 nitrogen and oxygen atoms in total. The smallest absolute Gasteiger partial charge is 0.271 e. The molecule has 0 radical (unpaired) electrons. The molecule has 2 N–H and O–H groups in total. The van der Waals surface area contributed by atoms with E-state index in [4.69, 9.17) is 0 Å². The highest BCUT2D eigenvalue weighted by atomic mass is 32.2. The number of halogens is 1. The highest BCUT2D eigenvalue weighted by Crippen LogP contribution is 2.21. The minimum atomic E-state index is -0.403. The number of hydrazine groups is 1. The van der Waals surface area contributed by atoms with Crippen LogP contribution in [0.3, 0.4) is 0 Å². The Hall–Kier alpha value is -2.28. The first-order valence-electron chi connectivity index (χ1n) is 7.96. The van der Waals surface area contributed by atoms with Crippen molar-refractivity contribution in [2.24, 2.45) is 0 Å². The van der Waals surface area contributed by atoms with E-state index in [0.29, 0.717) is 10.5 Å². The summed E-state index contributed by atoms with van der Waals surface area (Å²) < 4.78 is 15.6. The van der Waals surface area contributed by atoms with Gasteiger partial charge in [-0.1, -0.05) is 12.1 Å². The van der Waals surface area contributed by atoms with Crippen LogP contribution in [-0.2, 0) is 4.79 Å². The Kier molecular flexibility index (Phi) is 6.25. The van der Waals surface area contributed by atoms with E-state index >= 15 is 0 Å². The topological polar surface area (TPSA) is 63.1 Å². The monoisotopic (exact) mass is 363 g/mol. The van der Waals surface area contributed by atoms with Gasteiger partial charge in [-0.3, -0.25) is 20.4 Å². The molecule has 0 bridgehead atoms. The number of benzene rings is 1. The second-order valence-corrected chi connectivity index (χ2v) is 6.99. The first kappa shape index (κ1) is 19.1. The quantitative estimate of drug-likeness (QED) is 0.632. The van der Waals surface area contributed by atoms with Crippen LogP contribution in [0.15, 0.2) is 35.2 Å². The van der Waals surface area contributed by atoms with Gasteiger partial charge in [-0.2, -0.15) is 0 Å². The molecule has 2 aromatic rings. The molecule has 0 aliphatic heterocycles. The summed E-state index contributed by atoms with van der Waals surface area (Å²) in [5.41, 5.74) is 7.13. The third-order valence-electron chi connectivity index (χ3n) is 3.76. The molecule has 0 aliphatic rings. The Balaban J connectivity index is 1.91. The van der Waals surface area contributed by atoms with Gasteiger partial charge in [0.05, 0.1) is 11.3 Å². The number of rotatable bonds is 5. The van der Waals surface area contributed by atoms with E-state index in [1.807, 2.05) is 27.7 Å². The van der Waals surface area contributed by atoms with E-state index in [9.17, 15) is 14.0 Å². The lowest BCUT2D eigenvalue weighted by Crippen LogP contribution is -2.42. The second kappa shape index (κ2) is 8.20. The molecule has 1 aromatic heterocycles. The van der Waals surface area contributed by atoms with E-state index < -0.39 is 5.91 Å². The van der Waals surface area contributed by atoms with E-state index in [0.717, 1.165) is 23.1 Å². The summed E-state index contributed by atoms with van der Waals surface area (Å²) in [6, 6.07) is 8.28. The van der Waals surface area contributed by atoms with Crippen LogP contribution in [0.1, 0.15) is 41.6 Å². The van der Waals surface area contributed by atoms with Crippen molar-refractivity contribution in [3.8, 4) is 0 Å². The largest absolute Gasteiger partial charge is 0.346 e. The molecule has 0 saturated carbocycles. The number of thioether (sulfide) groups is 1. The molecule has 0 saturated heterocycles. The van der Waals surface area contributed by atoms with Crippen molar-refractivity contribution < 1.29 is 14.0 Å². The van der Waals surface area contributed by atoms with Crippen molar-refractivity contribution in [2.45, 2.75) is 38.6 Å². The lowest BCUT2D eigenvalue weighted by molar-refractivity contribution is -0.119. The normalized spacial score (nSPS) is 10.8. The van der Waals surface area contributed by atoms with Gasteiger partial charge in [0, 0.05) is 22.3 Å². The number of hydrogen-bond donors (Lipinski definition) is 2. The van der Waals surface area contributed by atoms with Crippen molar-refractivity contribution in [3.05, 3.63) is 53.1 Å². The lowest BCUT2D eigenvalue weighted by atomic mass is 10.2. The average molecular weight is 363 g/mol. The number of carbonyl (C=O) groups excluding carboxylic acids is 2. The van der Waals surface area contributed by atoms with Gasteiger partial charge < -0.3 is 4.57 Å². The van der Waals surface area contributed by atoms with E-state index in [2.05, 4.69) is 15.4 Å². The second-order valence-electron chi connectivity index (χ2n) is 5.97. The summed E-state index contributed by atoms with van der Waals surface area (Å²) >= 11 is 1.07. The fraction of sp³-hybridized carbons (Fsp3) is 0.333. The molecule has 7 heteroatoms. The number of amides is 2. The minimum Gasteiger partial charge on any atom is -0.346 e. The molecule has 0 atom stereocenters. The number of aromatic nitrogens is 1. The molecule has 0 unspecified atom stereocenters. The summed E-state index contributed by atoms with van der Waals surface area (Å²) in [5.74, 6) is -1.14. The first-order valence-corrected chi connectivity index (χ1v) is 8.94. The number of nitrogens with one attached hydrogen (secondary N) is 2. The molecular weight excluding hydrogens is 341 g/mol. The maximum Gasteiger partial charge on any atom is 0.271 e. The third kappa shape index (κ3) is 4.63. The Morgan fingerprint density at radius 1 is 1.20 bits per heavy atom. The summed E-state index contributed by atoms with van der Waals surface area (Å²) in [4.78, 5) is 24.5. The van der Waals surface area contributed by atoms with Crippen molar-refractivity contribution in [3.63, 3.8) is 0 Å². The highest BCUT2D eigenvalue weighted by Gasteiger charge is 2.17. The third-order valence-corrected chi connectivity index (χ3v) is 4.80. The Bertz CT molecular complexity index is 787. The van der Waals surface area contributed by atoms with Gasteiger partial charge in [-0.15, -0.1) is 11.8 Å². The molecular formula is C18H22FN3O2S. The molecule has 25 heavy (non-hydrogen) atoms. The van der Waals surface area contributed by atoms with Crippen molar-refractivity contribution >= 4 is 23.6 Å². The van der Waals surface area contributed by atoms with Crippen LogP contribution in [0.2, 0.25) is 0 Å². The van der Waals surface area contributed by atoms with Crippen LogP contribution in [0.25, 0.3) is 0 Å². The molecule has 0 aliphatic carbocycles. The standard InChI is InChI=1S/C18H22FN3O2S/c1-11(2)22-12(3)9-14(13(22)4)18(24)21-20-17(23)10-25-16-8-6-5-7-15(16)19/h5-9,11H,10H2,1-4H3,(H,20,23)(H,21,24). The molecule has 1 aromatic carbocycles. The Labute approximate surface area is 151 Å². The molecule has 2 amide bonds. The molecule has 2 rings (SSSR count). The Morgan fingerprint density at radius 3 is 2.48 bits per heavy atom. The molecule has 134 valence electrons. The molecule has 1 heterocycles. The zero-order chi connectivity index (χ0) is 18.6. The predicted octanol–water partition coefficient (Wildman–Crippen LogP) is 3.38. The van der Waals surface area contributed by atoms with Crippen molar-refractivity contribution in [1.82, 2.24) is 15.4 Å². The van der Waals surface area contributed by atoms with Gasteiger partial charge in [0.25, 0.3) is 5.91 Å². The fourth-order valence-corrected chi connectivity index (χ4v) is 3.48. The maximum atomic E-state index is 13.5. The van der Waals surface area contributed by atoms with E-state index in [-0.39, 0.29) is 23.5 Å². The van der Waals surface area contributed by atoms with E-state index in [1.54, 1.807) is 24.3 Å². The maximum absolute atomic E-state index is 13.5. The van der Waals surface area contributed by atoms with Crippen LogP contribution in [0, 0.1) is 19.7 Å². The van der Waals surface area contributed by atoms with Crippen molar-refractivity contribution in [2.75, 3.05) is 5.75 Å². The summed E-state index contributed by atoms with van der Waals surface area (Å²) in [5, 5.41) is 0. The van der Waals surface area contributed by atoms with Crippen LogP contribution >= 0.6 is 11.8 Å². The van der Waals surface area contributed by atoms with Crippen LogP contribution in [-0.4, -0.2) is 22.1 Å². The number of carbonyl (C=O) groups is 2. The van der Waals surface area contributed by atoms with Crippen LogP contribution in [0.5, 0.6) is 0 Å². The van der Waals surface area contributed by atoms with Crippen LogP contribution in [0.4, 0.5) is 4.39 Å². The predicted molar refractivity (Wildman–Crippen MR) is 97.0 cm³/mol. The summed E-state index contributed by atoms with van der Waals surface area (Å²) in [6.45, 7) is 7.90. The highest BCUT2D eigenvalue weighted by molar-refractivity contribution is 8.00. The van der Waals surface area contributed by atoms with Gasteiger partial charge in [0.2, 0.25) is 5.91 Å². The SMILES string of the molecule is Cc1cc(C(=O)NNC(=O)CSc2ccccc2F)c(C)n1C(C)C. The van der Waals surface area contributed by atoms with Gasteiger partial charge in [0.1, 0.15) is 5.82 Å². The minimum absolute atomic E-state index is 0.00618. The van der Waals surface area contributed by atoms with Gasteiger partial charge in [-0.25, -0.2) is 4.39 Å². The average Bonchev–Trinajstić information content (AvgIpc) is 2.86.